The third-order valence-electron chi connectivity index (χ3n) is 6.67. The minimum absolute atomic E-state index is 0.0134. The summed E-state index contributed by atoms with van der Waals surface area (Å²) in [4.78, 5) is 24.5. The summed E-state index contributed by atoms with van der Waals surface area (Å²) in [5.41, 5.74) is 1.87. The highest BCUT2D eigenvalue weighted by atomic mass is 16.2. The monoisotopic (exact) mass is 414 g/mol. The van der Waals surface area contributed by atoms with Gasteiger partial charge < -0.3 is 15.5 Å². The van der Waals surface area contributed by atoms with Crippen LogP contribution in [0.25, 0.3) is 0 Å². The summed E-state index contributed by atoms with van der Waals surface area (Å²) in [5, 5.41) is 16.2. The second-order valence-corrected chi connectivity index (χ2v) is 8.63. The minimum Gasteiger partial charge on any atom is -0.370 e. The van der Waals surface area contributed by atoms with Crippen molar-refractivity contribution in [1.29, 1.82) is 5.26 Å². The smallest absolute Gasteiger partial charge is 0.253 e. The molecular weight excluding hydrogens is 388 g/mol. The van der Waals surface area contributed by atoms with Crippen LogP contribution in [0.2, 0.25) is 0 Å². The van der Waals surface area contributed by atoms with Crippen LogP contribution < -0.4 is 10.6 Å². The number of hydrogen-bond acceptors (Lipinski definition) is 5. The van der Waals surface area contributed by atoms with Crippen LogP contribution in [0.1, 0.15) is 54.4 Å². The van der Waals surface area contributed by atoms with E-state index in [1.54, 1.807) is 30.5 Å². The van der Waals surface area contributed by atoms with Gasteiger partial charge in [-0.05, 0) is 62.1 Å². The van der Waals surface area contributed by atoms with Crippen LogP contribution in [0.15, 0.2) is 47.6 Å². The lowest BCUT2D eigenvalue weighted by molar-refractivity contribution is 0.0705. The average molecular weight is 415 g/mol. The van der Waals surface area contributed by atoms with Crippen LogP contribution in [0.4, 0.5) is 11.5 Å². The number of likely N-dealkylation sites (tertiary alicyclic amines) is 1. The Bertz CT molecular complexity index is 1040. The lowest BCUT2D eigenvalue weighted by Gasteiger charge is -2.46. The van der Waals surface area contributed by atoms with Crippen molar-refractivity contribution >= 4 is 23.2 Å². The molecule has 7 heteroatoms. The number of amidine groups is 1. The van der Waals surface area contributed by atoms with Crippen molar-refractivity contribution in [2.24, 2.45) is 4.99 Å². The molecule has 1 amide bonds. The highest BCUT2D eigenvalue weighted by Crippen LogP contribution is 2.37. The summed E-state index contributed by atoms with van der Waals surface area (Å²) in [6.07, 6.45) is 8.10. The molecule has 1 aromatic carbocycles. The molecule has 3 aliphatic rings. The Labute approximate surface area is 182 Å². The highest BCUT2D eigenvalue weighted by molar-refractivity contribution is 6.09. The van der Waals surface area contributed by atoms with Gasteiger partial charge in [0, 0.05) is 24.8 Å². The lowest BCUT2D eigenvalue weighted by atomic mass is 9.83. The van der Waals surface area contributed by atoms with Gasteiger partial charge in [-0.25, -0.2) is 4.98 Å². The van der Waals surface area contributed by atoms with Crippen LogP contribution in [0, 0.1) is 11.3 Å². The summed E-state index contributed by atoms with van der Waals surface area (Å²) < 4.78 is 0. The van der Waals surface area contributed by atoms with E-state index in [2.05, 4.69) is 21.7 Å². The molecular formula is C24H26N6O. The van der Waals surface area contributed by atoms with Crippen LogP contribution in [0.5, 0.6) is 0 Å². The molecule has 3 heterocycles. The molecule has 2 aromatic rings. The van der Waals surface area contributed by atoms with E-state index in [0.29, 0.717) is 30.3 Å². The minimum atomic E-state index is -0.305. The third kappa shape index (κ3) is 3.74. The van der Waals surface area contributed by atoms with Crippen molar-refractivity contribution in [3.05, 3.63) is 53.7 Å². The largest absolute Gasteiger partial charge is 0.370 e. The van der Waals surface area contributed by atoms with Gasteiger partial charge in [-0.3, -0.25) is 9.79 Å². The van der Waals surface area contributed by atoms with Gasteiger partial charge in [0.05, 0.1) is 28.9 Å². The molecule has 31 heavy (non-hydrogen) atoms. The zero-order valence-electron chi connectivity index (χ0n) is 17.5. The van der Waals surface area contributed by atoms with Gasteiger partial charge in [0.2, 0.25) is 0 Å². The molecule has 2 aliphatic heterocycles. The van der Waals surface area contributed by atoms with Gasteiger partial charge >= 0.3 is 0 Å². The molecule has 0 radical (unpaired) electrons. The predicted molar refractivity (Wildman–Crippen MR) is 120 cm³/mol. The molecule has 2 N–H and O–H groups in total. The molecule has 0 bridgehead atoms. The van der Waals surface area contributed by atoms with E-state index >= 15 is 0 Å². The Hall–Kier alpha value is -3.40. The van der Waals surface area contributed by atoms with E-state index in [9.17, 15) is 4.79 Å². The summed E-state index contributed by atoms with van der Waals surface area (Å²) in [5.74, 6) is 1.80. The number of amides is 1. The Morgan fingerprint density at radius 2 is 1.90 bits per heavy atom. The first kappa shape index (κ1) is 19.6. The highest BCUT2D eigenvalue weighted by Gasteiger charge is 2.44. The van der Waals surface area contributed by atoms with Crippen molar-refractivity contribution in [2.45, 2.75) is 50.1 Å². The molecule has 158 valence electrons. The van der Waals surface area contributed by atoms with Crippen LogP contribution in [-0.2, 0) is 0 Å². The van der Waals surface area contributed by atoms with Crippen molar-refractivity contribution in [1.82, 2.24) is 9.88 Å². The number of rotatable bonds is 2. The second kappa shape index (κ2) is 8.03. The molecule has 1 saturated heterocycles. The number of benzene rings is 1. The molecule has 1 saturated carbocycles. The first-order valence-corrected chi connectivity index (χ1v) is 11.0. The number of anilines is 2. The van der Waals surface area contributed by atoms with Crippen molar-refractivity contribution in [2.75, 3.05) is 23.7 Å². The fourth-order valence-electron chi connectivity index (χ4n) is 4.85. The lowest BCUT2D eigenvalue weighted by Crippen LogP contribution is -2.59. The number of nitrogens with zero attached hydrogens (tertiary/aromatic N) is 4. The Kier molecular flexibility index (Phi) is 5.06. The number of aromatic nitrogens is 1. The summed E-state index contributed by atoms with van der Waals surface area (Å²) in [6.45, 7) is 1.29. The Morgan fingerprint density at radius 1 is 1.16 bits per heavy atom. The number of carbonyl (C=O) groups excluding carboxylic acids is 1. The predicted octanol–water partition coefficient (Wildman–Crippen LogP) is 3.81. The number of pyridine rings is 1. The number of aliphatic imine (C=N–C) groups is 1. The SMILES string of the molecule is N#Cc1ccc(C(=O)N2CCC3(CC2)Nc2cccnc2NC3=NC2CCCC2)cc1. The molecule has 7 nitrogen and oxygen atoms in total. The van der Waals surface area contributed by atoms with E-state index in [4.69, 9.17) is 10.3 Å². The number of piperidine rings is 1. The van der Waals surface area contributed by atoms with Gasteiger partial charge in [0.25, 0.3) is 5.91 Å². The molecule has 1 spiro atoms. The number of nitriles is 1. The van der Waals surface area contributed by atoms with Crippen LogP contribution in [-0.4, -0.2) is 46.3 Å². The van der Waals surface area contributed by atoms with E-state index < -0.39 is 0 Å². The zero-order valence-corrected chi connectivity index (χ0v) is 17.5. The Balaban J connectivity index is 1.37. The topological polar surface area (TPSA) is 93.4 Å². The van der Waals surface area contributed by atoms with Gasteiger partial charge in [0.15, 0.2) is 5.82 Å². The van der Waals surface area contributed by atoms with Gasteiger partial charge in [-0.15, -0.1) is 0 Å². The van der Waals surface area contributed by atoms with Crippen LogP contribution >= 0.6 is 0 Å². The third-order valence-corrected chi connectivity index (χ3v) is 6.67. The fraction of sp³-hybridized carbons (Fsp3) is 0.417. The molecule has 1 aliphatic carbocycles. The quantitative estimate of drug-likeness (QED) is 0.779. The summed E-state index contributed by atoms with van der Waals surface area (Å²) in [7, 11) is 0. The Morgan fingerprint density at radius 3 is 2.61 bits per heavy atom. The number of fused-ring (bicyclic) bond motifs is 1. The normalized spacial score (nSPS) is 21.3. The van der Waals surface area contributed by atoms with E-state index in [1.807, 2.05) is 17.0 Å². The standard InChI is InChI=1S/C24H26N6O/c25-16-17-7-9-18(10-8-17)22(31)30-14-11-24(12-15-30)23(27-19-4-1-2-5-19)28-21-20(29-24)6-3-13-26-21/h3,6-10,13,19,29H,1-2,4-5,11-12,14-15H2,(H,26,27,28). The maximum Gasteiger partial charge on any atom is 0.253 e. The summed E-state index contributed by atoms with van der Waals surface area (Å²) >= 11 is 0. The van der Waals surface area contributed by atoms with Crippen molar-refractivity contribution in [3.8, 4) is 6.07 Å². The van der Waals surface area contributed by atoms with E-state index in [1.165, 1.54) is 12.8 Å². The maximum atomic E-state index is 13.0. The zero-order chi connectivity index (χ0) is 21.3. The molecule has 5 rings (SSSR count). The molecule has 0 atom stereocenters. The van der Waals surface area contributed by atoms with Crippen LogP contribution in [0.3, 0.4) is 0 Å². The maximum absolute atomic E-state index is 13.0. The number of carbonyl (C=O) groups is 1. The average Bonchev–Trinajstić information content (AvgIpc) is 3.33. The number of hydrogen-bond donors (Lipinski definition) is 2. The molecule has 2 fully saturated rings. The van der Waals surface area contributed by atoms with E-state index in [0.717, 1.165) is 43.0 Å². The second-order valence-electron chi connectivity index (χ2n) is 8.63. The van der Waals surface area contributed by atoms with Crippen molar-refractivity contribution in [3.63, 3.8) is 0 Å². The van der Waals surface area contributed by atoms with Gasteiger partial charge in [0.1, 0.15) is 5.84 Å². The van der Waals surface area contributed by atoms with Crippen molar-refractivity contribution < 1.29 is 4.79 Å². The molecule has 0 unspecified atom stereocenters. The van der Waals surface area contributed by atoms with Gasteiger partial charge in [-0.2, -0.15) is 5.26 Å². The summed E-state index contributed by atoms with van der Waals surface area (Å²) in [6, 6.07) is 13.3. The first-order valence-electron chi connectivity index (χ1n) is 11.0. The molecule has 1 aromatic heterocycles. The van der Waals surface area contributed by atoms with E-state index in [-0.39, 0.29) is 11.4 Å². The van der Waals surface area contributed by atoms with Gasteiger partial charge in [-0.1, -0.05) is 12.8 Å². The fourth-order valence-corrected chi connectivity index (χ4v) is 4.85. The first-order chi connectivity index (χ1) is 15.2. The number of nitrogens with one attached hydrogen (secondary N) is 2.